The number of nitrogens with one attached hydrogen (secondary N) is 1. The Bertz CT molecular complexity index is 443. The number of carbonyl (C=O) groups excluding carboxylic acids is 1. The van der Waals surface area contributed by atoms with Crippen molar-refractivity contribution < 1.29 is 19.0 Å². The molecule has 0 aromatic heterocycles. The Morgan fingerprint density at radius 2 is 2.15 bits per heavy atom. The second-order valence-electron chi connectivity index (χ2n) is 5.21. The minimum Gasteiger partial charge on any atom is -0.386 e. The third-order valence-corrected chi connectivity index (χ3v) is 3.59. The van der Waals surface area contributed by atoms with Crippen molar-refractivity contribution in [3.05, 3.63) is 35.6 Å². The molecule has 0 saturated carbocycles. The molecule has 1 aliphatic rings. The Kier molecular flexibility index (Phi) is 5.09. The van der Waals surface area contributed by atoms with Gasteiger partial charge in [-0.2, -0.15) is 0 Å². The van der Waals surface area contributed by atoms with Crippen LogP contribution in [0.15, 0.2) is 24.3 Å². The Morgan fingerprint density at radius 1 is 1.45 bits per heavy atom. The average Bonchev–Trinajstić information content (AvgIpc) is 2.48. The van der Waals surface area contributed by atoms with E-state index in [0.717, 1.165) is 12.8 Å². The number of amides is 1. The molecule has 5 heteroatoms. The number of aliphatic hydroxyl groups excluding tert-OH is 1. The summed E-state index contributed by atoms with van der Waals surface area (Å²) in [6.45, 7) is 2.87. The van der Waals surface area contributed by atoms with Crippen LogP contribution in [0.2, 0.25) is 0 Å². The highest BCUT2D eigenvalue weighted by Crippen LogP contribution is 2.19. The number of benzene rings is 1. The molecule has 1 aromatic carbocycles. The molecule has 4 nitrogen and oxygen atoms in total. The summed E-state index contributed by atoms with van der Waals surface area (Å²) in [4.78, 5) is 12.0. The Labute approximate surface area is 117 Å². The monoisotopic (exact) mass is 281 g/mol. The Hall–Kier alpha value is -1.46. The molecule has 2 rings (SSSR count). The van der Waals surface area contributed by atoms with Gasteiger partial charge in [-0.05, 0) is 37.5 Å². The molecule has 3 atom stereocenters. The summed E-state index contributed by atoms with van der Waals surface area (Å²) in [5.74, 6) is -0.595. The van der Waals surface area contributed by atoms with Gasteiger partial charge in [-0.15, -0.1) is 0 Å². The van der Waals surface area contributed by atoms with Crippen molar-refractivity contribution in [2.75, 3.05) is 13.2 Å². The van der Waals surface area contributed by atoms with Crippen LogP contribution in [0.3, 0.4) is 0 Å². The van der Waals surface area contributed by atoms with Gasteiger partial charge in [0.1, 0.15) is 5.82 Å². The molecule has 1 heterocycles. The van der Waals surface area contributed by atoms with Crippen LogP contribution >= 0.6 is 0 Å². The van der Waals surface area contributed by atoms with Gasteiger partial charge >= 0.3 is 0 Å². The molecule has 20 heavy (non-hydrogen) atoms. The number of rotatable bonds is 4. The van der Waals surface area contributed by atoms with Gasteiger partial charge in [0.05, 0.1) is 24.7 Å². The van der Waals surface area contributed by atoms with Crippen LogP contribution in [0, 0.1) is 11.7 Å². The molecule has 1 amide bonds. The fourth-order valence-corrected chi connectivity index (χ4v) is 2.32. The largest absolute Gasteiger partial charge is 0.386 e. The molecule has 2 N–H and O–H groups in total. The fraction of sp³-hybridized carbons (Fsp3) is 0.533. The van der Waals surface area contributed by atoms with Crippen molar-refractivity contribution in [1.29, 1.82) is 0 Å². The second-order valence-corrected chi connectivity index (χ2v) is 5.21. The second kappa shape index (κ2) is 6.81. The number of hydrogen-bond donors (Lipinski definition) is 2. The molecule has 0 aliphatic carbocycles. The van der Waals surface area contributed by atoms with E-state index in [1.807, 2.05) is 0 Å². The molecule has 1 saturated heterocycles. The quantitative estimate of drug-likeness (QED) is 0.884. The highest BCUT2D eigenvalue weighted by atomic mass is 19.1. The van der Waals surface area contributed by atoms with Gasteiger partial charge < -0.3 is 15.2 Å². The smallest absolute Gasteiger partial charge is 0.225 e. The average molecular weight is 281 g/mol. The molecule has 110 valence electrons. The maximum atomic E-state index is 12.8. The van der Waals surface area contributed by atoms with E-state index in [2.05, 4.69) is 5.32 Å². The van der Waals surface area contributed by atoms with Gasteiger partial charge in [-0.25, -0.2) is 4.39 Å². The summed E-state index contributed by atoms with van der Waals surface area (Å²) in [7, 11) is 0. The Morgan fingerprint density at radius 3 is 2.75 bits per heavy atom. The summed E-state index contributed by atoms with van der Waals surface area (Å²) < 4.78 is 18.1. The lowest BCUT2D eigenvalue weighted by Gasteiger charge is -2.26. The van der Waals surface area contributed by atoms with Gasteiger partial charge in [0.2, 0.25) is 5.91 Å². The summed E-state index contributed by atoms with van der Waals surface area (Å²) in [5, 5.41) is 13.0. The Balaban J connectivity index is 1.91. The minimum atomic E-state index is -0.857. The van der Waals surface area contributed by atoms with Gasteiger partial charge in [-0.1, -0.05) is 12.1 Å². The van der Waals surface area contributed by atoms with Crippen molar-refractivity contribution in [2.45, 2.75) is 31.9 Å². The van der Waals surface area contributed by atoms with Crippen molar-refractivity contribution in [3.63, 3.8) is 0 Å². The number of halogens is 1. The molecule has 1 aromatic rings. The van der Waals surface area contributed by atoms with Gasteiger partial charge in [0.25, 0.3) is 0 Å². The first kappa shape index (κ1) is 14.9. The third kappa shape index (κ3) is 3.77. The standard InChI is InChI=1S/C15H20FNO3/c1-10(14(18)11-4-6-13(16)7-5-11)17-15(19)12-3-2-8-20-9-12/h4-7,10,12,14,18H,2-3,8-9H2,1H3,(H,17,19). The van der Waals surface area contributed by atoms with Crippen LogP contribution in [0.4, 0.5) is 4.39 Å². The van der Waals surface area contributed by atoms with Crippen LogP contribution in [-0.2, 0) is 9.53 Å². The van der Waals surface area contributed by atoms with E-state index >= 15 is 0 Å². The predicted molar refractivity (Wildman–Crippen MR) is 72.5 cm³/mol. The third-order valence-electron chi connectivity index (χ3n) is 3.59. The molecular formula is C15H20FNO3. The predicted octanol–water partition coefficient (Wildman–Crippen LogP) is 1.79. The van der Waals surface area contributed by atoms with Gasteiger partial charge in [0.15, 0.2) is 0 Å². The van der Waals surface area contributed by atoms with Crippen molar-refractivity contribution in [3.8, 4) is 0 Å². The number of ether oxygens (including phenoxy) is 1. The van der Waals surface area contributed by atoms with Gasteiger partial charge in [-0.3, -0.25) is 4.79 Å². The molecule has 0 spiro atoms. The summed E-state index contributed by atoms with van der Waals surface area (Å²) in [6, 6.07) is 5.19. The van der Waals surface area contributed by atoms with Crippen molar-refractivity contribution in [2.24, 2.45) is 5.92 Å². The summed E-state index contributed by atoms with van der Waals surface area (Å²) in [6.07, 6.45) is 0.835. The van der Waals surface area contributed by atoms with Crippen LogP contribution in [0.25, 0.3) is 0 Å². The van der Waals surface area contributed by atoms with Crippen LogP contribution in [-0.4, -0.2) is 30.3 Å². The molecule has 1 fully saturated rings. The van der Waals surface area contributed by atoms with E-state index in [9.17, 15) is 14.3 Å². The van der Waals surface area contributed by atoms with E-state index in [-0.39, 0.29) is 17.6 Å². The highest BCUT2D eigenvalue weighted by molar-refractivity contribution is 5.79. The molecule has 0 bridgehead atoms. The lowest BCUT2D eigenvalue weighted by atomic mass is 9.99. The first-order chi connectivity index (χ1) is 9.58. The van der Waals surface area contributed by atoms with E-state index in [4.69, 9.17) is 4.74 Å². The zero-order valence-electron chi connectivity index (χ0n) is 11.5. The highest BCUT2D eigenvalue weighted by Gasteiger charge is 2.25. The van der Waals surface area contributed by atoms with E-state index in [1.54, 1.807) is 6.92 Å². The number of carbonyl (C=O) groups is 1. The molecule has 3 unspecified atom stereocenters. The maximum Gasteiger partial charge on any atom is 0.225 e. The summed E-state index contributed by atoms with van der Waals surface area (Å²) in [5.41, 5.74) is 0.582. The first-order valence-corrected chi connectivity index (χ1v) is 6.89. The summed E-state index contributed by atoms with van der Waals surface area (Å²) >= 11 is 0. The van der Waals surface area contributed by atoms with Crippen LogP contribution in [0.1, 0.15) is 31.4 Å². The zero-order chi connectivity index (χ0) is 14.5. The molecular weight excluding hydrogens is 261 g/mol. The molecule has 0 radical (unpaired) electrons. The normalized spacial score (nSPS) is 22.1. The van der Waals surface area contributed by atoms with Crippen molar-refractivity contribution in [1.82, 2.24) is 5.32 Å². The lowest BCUT2D eigenvalue weighted by molar-refractivity contribution is -0.130. The SMILES string of the molecule is CC(NC(=O)C1CCCOC1)C(O)c1ccc(F)cc1. The van der Waals surface area contributed by atoms with Crippen LogP contribution in [0.5, 0.6) is 0 Å². The number of hydrogen-bond acceptors (Lipinski definition) is 3. The van der Waals surface area contributed by atoms with Crippen LogP contribution < -0.4 is 5.32 Å². The minimum absolute atomic E-state index is 0.0987. The zero-order valence-corrected chi connectivity index (χ0v) is 11.5. The van der Waals surface area contributed by atoms with E-state index in [1.165, 1.54) is 24.3 Å². The first-order valence-electron chi connectivity index (χ1n) is 6.89. The maximum absolute atomic E-state index is 12.8. The lowest BCUT2D eigenvalue weighted by Crippen LogP contribution is -2.42. The van der Waals surface area contributed by atoms with E-state index in [0.29, 0.717) is 18.8 Å². The van der Waals surface area contributed by atoms with E-state index < -0.39 is 12.1 Å². The number of aliphatic hydroxyl groups is 1. The molecule has 1 aliphatic heterocycles. The fourth-order valence-electron chi connectivity index (χ4n) is 2.32. The van der Waals surface area contributed by atoms with Crippen molar-refractivity contribution >= 4 is 5.91 Å². The van der Waals surface area contributed by atoms with Gasteiger partial charge in [0, 0.05) is 6.61 Å². The topological polar surface area (TPSA) is 58.6 Å².